The SMILES string of the molecule is CCCC/C=C\CCC/C=C/C=C\CCC=O. The van der Waals surface area contributed by atoms with Gasteiger partial charge < -0.3 is 4.79 Å². The van der Waals surface area contributed by atoms with Crippen LogP contribution in [0.3, 0.4) is 0 Å². The summed E-state index contributed by atoms with van der Waals surface area (Å²) in [5.41, 5.74) is 0. The Kier molecular flexibility index (Phi) is 13.9. The van der Waals surface area contributed by atoms with Crippen molar-refractivity contribution < 1.29 is 4.79 Å². The average Bonchev–Trinajstić information content (AvgIpc) is 2.35. The van der Waals surface area contributed by atoms with E-state index in [9.17, 15) is 4.79 Å². The molecule has 0 amide bonds. The summed E-state index contributed by atoms with van der Waals surface area (Å²) in [6, 6.07) is 0. The highest BCUT2D eigenvalue weighted by atomic mass is 16.1. The molecule has 1 heteroatoms. The molecule has 0 N–H and O–H groups in total. The third-order valence-electron chi connectivity index (χ3n) is 2.47. The molecule has 0 rings (SSSR count). The first-order chi connectivity index (χ1) is 8.41. The zero-order valence-corrected chi connectivity index (χ0v) is 11.1. The van der Waals surface area contributed by atoms with Gasteiger partial charge in [0.25, 0.3) is 0 Å². The summed E-state index contributed by atoms with van der Waals surface area (Å²) in [7, 11) is 0. The summed E-state index contributed by atoms with van der Waals surface area (Å²) < 4.78 is 0. The van der Waals surface area contributed by atoms with Crippen LogP contribution < -0.4 is 0 Å². The van der Waals surface area contributed by atoms with Crippen LogP contribution in [0.1, 0.15) is 58.3 Å². The van der Waals surface area contributed by atoms with Gasteiger partial charge in [-0.15, -0.1) is 0 Å². The van der Waals surface area contributed by atoms with Gasteiger partial charge >= 0.3 is 0 Å². The molecular weight excluding hydrogens is 208 g/mol. The van der Waals surface area contributed by atoms with Gasteiger partial charge in [-0.05, 0) is 32.1 Å². The molecule has 0 heterocycles. The summed E-state index contributed by atoms with van der Waals surface area (Å²) in [4.78, 5) is 10.0. The zero-order chi connectivity index (χ0) is 12.6. The predicted octanol–water partition coefficient (Wildman–Crippen LogP) is 4.99. The molecule has 17 heavy (non-hydrogen) atoms. The molecule has 0 aromatic rings. The van der Waals surface area contributed by atoms with Gasteiger partial charge in [0.1, 0.15) is 6.29 Å². The van der Waals surface area contributed by atoms with Gasteiger partial charge in [0, 0.05) is 6.42 Å². The van der Waals surface area contributed by atoms with E-state index in [1.165, 1.54) is 32.1 Å². The maximum absolute atomic E-state index is 10.0. The molecule has 0 aliphatic carbocycles. The molecule has 0 aromatic carbocycles. The lowest BCUT2D eigenvalue weighted by atomic mass is 10.2. The van der Waals surface area contributed by atoms with E-state index in [4.69, 9.17) is 0 Å². The van der Waals surface area contributed by atoms with E-state index in [2.05, 4.69) is 31.2 Å². The first-order valence-electron chi connectivity index (χ1n) is 6.82. The third kappa shape index (κ3) is 14.9. The Morgan fingerprint density at radius 1 is 0.706 bits per heavy atom. The van der Waals surface area contributed by atoms with Crippen molar-refractivity contribution in [3.05, 3.63) is 36.5 Å². The van der Waals surface area contributed by atoms with Crippen molar-refractivity contribution in [2.45, 2.75) is 58.3 Å². The molecule has 0 aromatic heterocycles. The summed E-state index contributed by atoms with van der Waals surface area (Å²) in [6.45, 7) is 2.22. The molecule has 0 saturated carbocycles. The Morgan fingerprint density at radius 3 is 1.94 bits per heavy atom. The van der Waals surface area contributed by atoms with Crippen molar-refractivity contribution in [3.8, 4) is 0 Å². The van der Waals surface area contributed by atoms with Gasteiger partial charge in [0.15, 0.2) is 0 Å². The molecule has 0 atom stereocenters. The number of rotatable bonds is 11. The fourth-order valence-electron chi connectivity index (χ4n) is 1.43. The van der Waals surface area contributed by atoms with Crippen molar-refractivity contribution in [1.82, 2.24) is 0 Å². The Morgan fingerprint density at radius 2 is 1.29 bits per heavy atom. The minimum Gasteiger partial charge on any atom is -0.303 e. The molecule has 1 nitrogen and oxygen atoms in total. The van der Waals surface area contributed by atoms with E-state index in [0.717, 1.165) is 19.1 Å². The lowest BCUT2D eigenvalue weighted by molar-refractivity contribution is -0.107. The number of aldehydes is 1. The number of carbonyl (C=O) groups is 1. The smallest absolute Gasteiger partial charge is 0.120 e. The van der Waals surface area contributed by atoms with Crippen molar-refractivity contribution in [3.63, 3.8) is 0 Å². The van der Waals surface area contributed by atoms with Crippen LogP contribution >= 0.6 is 0 Å². The second kappa shape index (κ2) is 14.9. The number of hydrogen-bond acceptors (Lipinski definition) is 1. The minimum absolute atomic E-state index is 0.632. The number of carbonyl (C=O) groups excluding carboxylic acids is 1. The monoisotopic (exact) mass is 234 g/mol. The van der Waals surface area contributed by atoms with Gasteiger partial charge in [-0.2, -0.15) is 0 Å². The van der Waals surface area contributed by atoms with E-state index in [1.807, 2.05) is 12.2 Å². The highest BCUT2D eigenvalue weighted by Gasteiger charge is 1.81. The van der Waals surface area contributed by atoms with Crippen LogP contribution in [0, 0.1) is 0 Å². The Hall–Kier alpha value is -1.11. The van der Waals surface area contributed by atoms with Crippen molar-refractivity contribution in [1.29, 1.82) is 0 Å². The topological polar surface area (TPSA) is 17.1 Å². The Labute approximate surface area is 106 Å². The first kappa shape index (κ1) is 15.9. The molecular formula is C16H26O. The number of hydrogen-bond donors (Lipinski definition) is 0. The number of unbranched alkanes of at least 4 members (excludes halogenated alkanes) is 5. The van der Waals surface area contributed by atoms with Crippen molar-refractivity contribution in [2.24, 2.45) is 0 Å². The highest BCUT2D eigenvalue weighted by molar-refractivity contribution is 5.49. The molecule has 0 aliphatic heterocycles. The van der Waals surface area contributed by atoms with Crippen LogP contribution in [0.15, 0.2) is 36.5 Å². The maximum Gasteiger partial charge on any atom is 0.120 e. The fraction of sp³-hybridized carbons (Fsp3) is 0.562. The van der Waals surface area contributed by atoms with E-state index in [0.29, 0.717) is 6.42 Å². The molecule has 0 radical (unpaired) electrons. The van der Waals surface area contributed by atoms with Crippen LogP contribution in [-0.4, -0.2) is 6.29 Å². The normalized spacial score (nSPS) is 12.1. The summed E-state index contributed by atoms with van der Waals surface area (Å²) in [6.07, 6.45) is 22.7. The van der Waals surface area contributed by atoms with Crippen LogP contribution in [0.25, 0.3) is 0 Å². The third-order valence-corrected chi connectivity index (χ3v) is 2.47. The van der Waals surface area contributed by atoms with Crippen LogP contribution in [0.4, 0.5) is 0 Å². The zero-order valence-electron chi connectivity index (χ0n) is 11.1. The molecule has 0 saturated heterocycles. The van der Waals surface area contributed by atoms with Gasteiger partial charge in [-0.25, -0.2) is 0 Å². The summed E-state index contributed by atoms with van der Waals surface area (Å²) >= 11 is 0. The minimum atomic E-state index is 0.632. The predicted molar refractivity (Wildman–Crippen MR) is 76.1 cm³/mol. The largest absolute Gasteiger partial charge is 0.303 e. The van der Waals surface area contributed by atoms with Gasteiger partial charge in [0.2, 0.25) is 0 Å². The molecule has 0 fully saturated rings. The summed E-state index contributed by atoms with van der Waals surface area (Å²) in [5, 5.41) is 0. The average molecular weight is 234 g/mol. The van der Waals surface area contributed by atoms with Crippen molar-refractivity contribution >= 4 is 6.29 Å². The van der Waals surface area contributed by atoms with Crippen LogP contribution in [-0.2, 0) is 4.79 Å². The van der Waals surface area contributed by atoms with E-state index >= 15 is 0 Å². The fourth-order valence-corrected chi connectivity index (χ4v) is 1.43. The van der Waals surface area contributed by atoms with Gasteiger partial charge in [-0.3, -0.25) is 0 Å². The molecule has 96 valence electrons. The van der Waals surface area contributed by atoms with E-state index < -0.39 is 0 Å². The standard InChI is InChI=1S/C16H26O/c1-2-3-4-5-6-7-8-9-10-11-12-13-14-15-16-17/h5-6,10-13,16H,2-4,7-9,14-15H2,1H3/b6-5-,11-10+,13-12-. The Balaban J connectivity index is 3.26. The Bertz CT molecular complexity index is 236. The maximum atomic E-state index is 10.0. The quantitative estimate of drug-likeness (QED) is 0.213. The second-order valence-electron chi connectivity index (χ2n) is 4.14. The second-order valence-corrected chi connectivity index (χ2v) is 4.14. The van der Waals surface area contributed by atoms with Crippen LogP contribution in [0.2, 0.25) is 0 Å². The van der Waals surface area contributed by atoms with E-state index in [1.54, 1.807) is 0 Å². The summed E-state index contributed by atoms with van der Waals surface area (Å²) in [5.74, 6) is 0. The van der Waals surface area contributed by atoms with Crippen LogP contribution in [0.5, 0.6) is 0 Å². The van der Waals surface area contributed by atoms with E-state index in [-0.39, 0.29) is 0 Å². The van der Waals surface area contributed by atoms with Gasteiger partial charge in [-0.1, -0.05) is 56.2 Å². The number of allylic oxidation sites excluding steroid dienone is 6. The molecule has 0 unspecified atom stereocenters. The first-order valence-corrected chi connectivity index (χ1v) is 6.82. The molecule has 0 spiro atoms. The lowest BCUT2D eigenvalue weighted by Gasteiger charge is -1.91. The highest BCUT2D eigenvalue weighted by Crippen LogP contribution is 2.01. The molecule has 0 aliphatic rings. The lowest BCUT2D eigenvalue weighted by Crippen LogP contribution is -1.71. The van der Waals surface area contributed by atoms with Crippen molar-refractivity contribution in [2.75, 3.05) is 0 Å². The van der Waals surface area contributed by atoms with Gasteiger partial charge in [0.05, 0.1) is 0 Å². The molecule has 0 bridgehead atoms.